The minimum atomic E-state index is 0.341. The highest BCUT2D eigenvalue weighted by atomic mass is 79.9. The number of piperidine rings is 1. The van der Waals surface area contributed by atoms with Crippen LogP contribution in [0.1, 0.15) is 18.5 Å². The van der Waals surface area contributed by atoms with Crippen LogP contribution in [0.15, 0.2) is 65.3 Å². The monoisotopic (exact) mass is 478 g/mol. The molecular weight excluding hydrogens is 456 g/mol. The number of nitrogens with zero attached hydrogens (tertiary/aromatic N) is 4. The van der Waals surface area contributed by atoms with Gasteiger partial charge in [-0.3, -0.25) is 10.00 Å². The van der Waals surface area contributed by atoms with Gasteiger partial charge in [0.2, 0.25) is 11.8 Å². The van der Waals surface area contributed by atoms with Crippen molar-refractivity contribution in [3.63, 3.8) is 0 Å². The van der Waals surface area contributed by atoms with Crippen molar-refractivity contribution in [3.05, 3.63) is 71.0 Å². The maximum absolute atomic E-state index is 5.89. The van der Waals surface area contributed by atoms with Gasteiger partial charge in [-0.1, -0.05) is 30.3 Å². The van der Waals surface area contributed by atoms with Crippen LogP contribution in [0.3, 0.4) is 0 Å². The molecule has 0 amide bonds. The number of aromatic amines is 1. The summed E-state index contributed by atoms with van der Waals surface area (Å²) < 4.78 is 6.78. The molecule has 0 unspecified atom stereocenters. The predicted octanol–water partition coefficient (Wildman–Crippen LogP) is 4.98. The van der Waals surface area contributed by atoms with Crippen LogP contribution in [0, 0.1) is 0 Å². The molecule has 0 atom stereocenters. The number of hydrogen-bond donors (Lipinski definition) is 2. The van der Waals surface area contributed by atoms with Crippen molar-refractivity contribution in [2.45, 2.75) is 25.4 Å². The third-order valence-electron chi connectivity index (χ3n) is 5.52. The van der Waals surface area contributed by atoms with E-state index in [1.807, 2.05) is 36.4 Å². The van der Waals surface area contributed by atoms with Crippen molar-refractivity contribution >= 4 is 32.8 Å². The molecular formula is C23H23BrN6O. The van der Waals surface area contributed by atoms with Gasteiger partial charge in [0.15, 0.2) is 0 Å². The molecule has 4 aromatic rings. The zero-order valence-corrected chi connectivity index (χ0v) is 18.5. The smallest absolute Gasteiger partial charge is 0.226 e. The Hall–Kier alpha value is -2.97. The van der Waals surface area contributed by atoms with E-state index in [1.54, 1.807) is 12.3 Å². The van der Waals surface area contributed by atoms with Gasteiger partial charge in [0.05, 0.1) is 15.7 Å². The summed E-state index contributed by atoms with van der Waals surface area (Å²) in [5.41, 5.74) is 2.21. The van der Waals surface area contributed by atoms with E-state index >= 15 is 0 Å². The quantitative estimate of drug-likeness (QED) is 0.406. The van der Waals surface area contributed by atoms with Crippen molar-refractivity contribution in [2.24, 2.45) is 0 Å². The van der Waals surface area contributed by atoms with E-state index in [1.165, 1.54) is 11.1 Å². The summed E-state index contributed by atoms with van der Waals surface area (Å²) in [6.45, 7) is 2.91. The summed E-state index contributed by atoms with van der Waals surface area (Å²) in [5, 5.41) is 12.3. The third-order valence-corrected chi connectivity index (χ3v) is 6.18. The van der Waals surface area contributed by atoms with Crippen molar-refractivity contribution in [3.8, 4) is 11.6 Å². The first kappa shape index (κ1) is 20.0. The van der Waals surface area contributed by atoms with Crippen LogP contribution in [0.5, 0.6) is 11.6 Å². The van der Waals surface area contributed by atoms with Gasteiger partial charge in [0.25, 0.3) is 0 Å². The molecule has 0 bridgehead atoms. The van der Waals surface area contributed by atoms with Gasteiger partial charge in [-0.15, -0.1) is 0 Å². The zero-order chi connectivity index (χ0) is 21.0. The molecule has 5 rings (SSSR count). The summed E-state index contributed by atoms with van der Waals surface area (Å²) >= 11 is 3.50. The maximum Gasteiger partial charge on any atom is 0.226 e. The van der Waals surface area contributed by atoms with E-state index in [0.29, 0.717) is 17.9 Å². The average molecular weight is 479 g/mol. The molecule has 1 fully saturated rings. The highest BCUT2D eigenvalue weighted by molar-refractivity contribution is 9.10. The number of hydrogen-bond acceptors (Lipinski definition) is 6. The fraction of sp³-hybridized carbons (Fsp3) is 0.261. The summed E-state index contributed by atoms with van der Waals surface area (Å²) in [4.78, 5) is 11.4. The highest BCUT2D eigenvalue weighted by Crippen LogP contribution is 2.28. The fourth-order valence-corrected chi connectivity index (χ4v) is 4.25. The third kappa shape index (κ3) is 4.70. The lowest BCUT2D eigenvalue weighted by Gasteiger charge is -2.32. The second-order valence-corrected chi connectivity index (χ2v) is 8.52. The van der Waals surface area contributed by atoms with E-state index in [9.17, 15) is 0 Å². The van der Waals surface area contributed by atoms with Crippen LogP contribution in [0.4, 0.5) is 5.95 Å². The maximum atomic E-state index is 5.89. The number of para-hydroxylation sites is 2. The average Bonchev–Trinajstić information content (AvgIpc) is 3.20. The lowest BCUT2D eigenvalue weighted by Crippen LogP contribution is -2.39. The molecule has 0 radical (unpaired) electrons. The second-order valence-electron chi connectivity index (χ2n) is 7.67. The van der Waals surface area contributed by atoms with E-state index in [0.717, 1.165) is 48.2 Å². The number of nitrogens with one attached hydrogen (secondary N) is 2. The summed E-state index contributed by atoms with van der Waals surface area (Å²) in [6.07, 6.45) is 3.79. The van der Waals surface area contributed by atoms with E-state index in [4.69, 9.17) is 4.74 Å². The van der Waals surface area contributed by atoms with Crippen LogP contribution in [0.2, 0.25) is 0 Å². The molecule has 2 N–H and O–H groups in total. The first-order valence-electron chi connectivity index (χ1n) is 10.4. The molecule has 8 heteroatoms. The van der Waals surface area contributed by atoms with Crippen molar-refractivity contribution in [1.82, 2.24) is 25.1 Å². The number of fused-ring (bicyclic) bond motifs is 1. The Bertz CT molecular complexity index is 1170. The van der Waals surface area contributed by atoms with Crippen LogP contribution in [0.25, 0.3) is 10.9 Å². The van der Waals surface area contributed by atoms with E-state index < -0.39 is 0 Å². The number of ether oxygens (including phenoxy) is 1. The highest BCUT2D eigenvalue weighted by Gasteiger charge is 2.21. The van der Waals surface area contributed by atoms with Crippen molar-refractivity contribution < 1.29 is 4.74 Å². The number of benzene rings is 2. The molecule has 158 valence electrons. The lowest BCUT2D eigenvalue weighted by molar-refractivity contribution is 0.209. The van der Waals surface area contributed by atoms with Crippen LogP contribution >= 0.6 is 15.9 Å². The first-order valence-corrected chi connectivity index (χ1v) is 11.2. The predicted molar refractivity (Wildman–Crippen MR) is 124 cm³/mol. The summed E-state index contributed by atoms with van der Waals surface area (Å²) in [5.74, 6) is 1.85. The molecule has 2 aromatic carbocycles. The number of anilines is 1. The van der Waals surface area contributed by atoms with Gasteiger partial charge >= 0.3 is 0 Å². The van der Waals surface area contributed by atoms with Gasteiger partial charge in [0, 0.05) is 43.3 Å². The normalized spacial score (nSPS) is 15.3. The fourth-order valence-electron chi connectivity index (χ4n) is 3.89. The lowest BCUT2D eigenvalue weighted by atomic mass is 10.0. The first-order chi connectivity index (χ1) is 15.2. The Morgan fingerprint density at radius 3 is 2.74 bits per heavy atom. The minimum Gasteiger partial charge on any atom is -0.438 e. The van der Waals surface area contributed by atoms with E-state index in [-0.39, 0.29) is 0 Å². The van der Waals surface area contributed by atoms with Crippen molar-refractivity contribution in [1.29, 1.82) is 0 Å². The molecule has 2 aromatic heterocycles. The number of aromatic nitrogens is 4. The Balaban J connectivity index is 1.17. The summed E-state index contributed by atoms with van der Waals surface area (Å²) in [7, 11) is 0. The van der Waals surface area contributed by atoms with Gasteiger partial charge < -0.3 is 10.1 Å². The van der Waals surface area contributed by atoms with Crippen LogP contribution in [-0.2, 0) is 6.54 Å². The second kappa shape index (κ2) is 9.03. The van der Waals surface area contributed by atoms with Crippen LogP contribution < -0.4 is 10.1 Å². The molecule has 3 heterocycles. The number of H-pyrrole nitrogens is 1. The van der Waals surface area contributed by atoms with Crippen molar-refractivity contribution in [2.75, 3.05) is 18.4 Å². The number of rotatable bonds is 6. The molecule has 0 aliphatic carbocycles. The van der Waals surface area contributed by atoms with Gasteiger partial charge in [-0.2, -0.15) is 10.1 Å². The molecule has 1 aliphatic heterocycles. The molecule has 0 spiro atoms. The molecule has 31 heavy (non-hydrogen) atoms. The zero-order valence-electron chi connectivity index (χ0n) is 17.0. The Kier molecular flexibility index (Phi) is 5.82. The standard InChI is InChI=1S/C23H23BrN6O/c24-18-6-2-4-8-21(18)31-22-9-12-25-23(27-22)26-16-10-13-30(14-11-16)15-20-17-5-1-3-7-19(17)28-29-20/h1-9,12,16H,10-11,13-15H2,(H,28,29)(H,25,26,27). The van der Waals surface area contributed by atoms with Crippen LogP contribution in [-0.4, -0.2) is 44.2 Å². The largest absolute Gasteiger partial charge is 0.438 e. The minimum absolute atomic E-state index is 0.341. The number of halogens is 1. The topological polar surface area (TPSA) is 79.0 Å². The molecule has 1 saturated heterocycles. The van der Waals surface area contributed by atoms with Gasteiger partial charge in [0.1, 0.15) is 5.75 Å². The van der Waals surface area contributed by atoms with E-state index in [2.05, 4.69) is 58.4 Å². The Morgan fingerprint density at radius 1 is 1.06 bits per heavy atom. The summed E-state index contributed by atoms with van der Waals surface area (Å²) in [6, 6.07) is 18.1. The SMILES string of the molecule is Brc1ccccc1Oc1ccnc(NC2CCN(Cc3[nH]nc4ccccc34)CC2)n1. The number of likely N-dealkylation sites (tertiary alicyclic amines) is 1. The molecule has 1 aliphatic rings. The Labute approximate surface area is 189 Å². The molecule has 7 nitrogen and oxygen atoms in total. The van der Waals surface area contributed by atoms with Gasteiger partial charge in [-0.25, -0.2) is 4.98 Å². The Morgan fingerprint density at radius 2 is 1.87 bits per heavy atom. The van der Waals surface area contributed by atoms with Gasteiger partial charge in [-0.05, 0) is 47.0 Å². The molecule has 0 saturated carbocycles.